The van der Waals surface area contributed by atoms with E-state index in [2.05, 4.69) is 31.0 Å². The highest BCUT2D eigenvalue weighted by Gasteiger charge is 2.41. The van der Waals surface area contributed by atoms with Gasteiger partial charge >= 0.3 is 0 Å². The average Bonchev–Trinajstić information content (AvgIpc) is 2.37. The van der Waals surface area contributed by atoms with Crippen LogP contribution in [0.2, 0.25) is 0 Å². The number of piperazine rings is 1. The Morgan fingerprint density at radius 3 is 2.58 bits per heavy atom. The summed E-state index contributed by atoms with van der Waals surface area (Å²) in [6, 6.07) is 0.398. The van der Waals surface area contributed by atoms with Gasteiger partial charge in [0, 0.05) is 25.7 Å². The summed E-state index contributed by atoms with van der Waals surface area (Å²) in [4.78, 5) is 14.1. The molecule has 0 aromatic rings. The highest BCUT2D eigenvalue weighted by molar-refractivity contribution is 5.80. The Bertz CT molecular complexity index is 324. The minimum Gasteiger partial charge on any atom is -0.368 e. The summed E-state index contributed by atoms with van der Waals surface area (Å²) in [5.74, 6) is 0.492. The van der Waals surface area contributed by atoms with Gasteiger partial charge in [0.25, 0.3) is 0 Å². The van der Waals surface area contributed by atoms with Gasteiger partial charge in [0.15, 0.2) is 0 Å². The van der Waals surface area contributed by atoms with Gasteiger partial charge in [-0.05, 0) is 24.2 Å². The van der Waals surface area contributed by atoms with Gasteiger partial charge in [-0.25, -0.2) is 0 Å². The summed E-state index contributed by atoms with van der Waals surface area (Å²) < 4.78 is 0. The summed E-state index contributed by atoms with van der Waals surface area (Å²) in [5.41, 5.74) is 5.90. The third-order valence-electron chi connectivity index (χ3n) is 4.88. The van der Waals surface area contributed by atoms with Crippen LogP contribution in [0.25, 0.3) is 0 Å². The molecule has 110 valence electrons. The molecular weight excluding hydrogens is 238 g/mol. The molecule has 3 atom stereocenters. The van der Waals surface area contributed by atoms with Crippen LogP contribution in [0.4, 0.5) is 0 Å². The van der Waals surface area contributed by atoms with E-state index in [9.17, 15) is 4.79 Å². The minimum absolute atomic E-state index is 0.123. The number of hydrogen-bond acceptors (Lipinski definition) is 3. The molecule has 3 unspecified atom stereocenters. The molecule has 0 bridgehead atoms. The minimum atomic E-state index is -0.176. The van der Waals surface area contributed by atoms with Crippen molar-refractivity contribution >= 4 is 5.91 Å². The molecule has 1 aliphatic carbocycles. The summed E-state index contributed by atoms with van der Waals surface area (Å²) in [5, 5.41) is 3.30. The highest BCUT2D eigenvalue weighted by Crippen LogP contribution is 2.41. The molecule has 3 N–H and O–H groups in total. The average molecular weight is 267 g/mol. The maximum absolute atomic E-state index is 11.7. The molecule has 1 heterocycles. The van der Waals surface area contributed by atoms with E-state index >= 15 is 0 Å². The van der Waals surface area contributed by atoms with Gasteiger partial charge in [-0.3, -0.25) is 9.69 Å². The lowest BCUT2D eigenvalue weighted by atomic mass is 9.68. The van der Waals surface area contributed by atoms with Crippen LogP contribution >= 0.6 is 0 Å². The van der Waals surface area contributed by atoms with Crippen LogP contribution in [0.3, 0.4) is 0 Å². The van der Waals surface area contributed by atoms with E-state index in [0.29, 0.717) is 23.9 Å². The Balaban J connectivity index is 2.18. The van der Waals surface area contributed by atoms with Crippen LogP contribution in [0.15, 0.2) is 0 Å². The maximum Gasteiger partial charge on any atom is 0.236 e. The topological polar surface area (TPSA) is 58.4 Å². The van der Waals surface area contributed by atoms with E-state index in [1.807, 2.05) is 0 Å². The van der Waals surface area contributed by atoms with Crippen LogP contribution < -0.4 is 11.1 Å². The molecule has 0 radical (unpaired) electrons. The van der Waals surface area contributed by atoms with Crippen LogP contribution in [0, 0.1) is 11.3 Å². The summed E-state index contributed by atoms with van der Waals surface area (Å²) >= 11 is 0. The lowest BCUT2D eigenvalue weighted by Gasteiger charge is -2.49. The molecule has 4 heteroatoms. The zero-order valence-corrected chi connectivity index (χ0v) is 12.6. The van der Waals surface area contributed by atoms with E-state index in [-0.39, 0.29) is 11.9 Å². The quantitative estimate of drug-likeness (QED) is 0.794. The number of nitrogens with two attached hydrogens (primary N) is 1. The fourth-order valence-electron chi connectivity index (χ4n) is 3.90. The van der Waals surface area contributed by atoms with Crippen molar-refractivity contribution in [3.05, 3.63) is 0 Å². The molecule has 1 aliphatic heterocycles. The molecule has 0 aromatic heterocycles. The van der Waals surface area contributed by atoms with E-state index < -0.39 is 0 Å². The second-order valence-corrected chi connectivity index (χ2v) is 7.18. The van der Waals surface area contributed by atoms with Crippen molar-refractivity contribution in [2.75, 3.05) is 19.6 Å². The number of nitrogens with one attached hydrogen (secondary N) is 1. The molecule has 0 aromatic carbocycles. The molecule has 2 fully saturated rings. The van der Waals surface area contributed by atoms with Crippen LogP contribution in [-0.2, 0) is 4.79 Å². The molecule has 19 heavy (non-hydrogen) atoms. The Kier molecular flexibility index (Phi) is 4.51. The zero-order chi connectivity index (χ0) is 14.0. The Hall–Kier alpha value is -0.610. The van der Waals surface area contributed by atoms with E-state index in [1.54, 1.807) is 0 Å². The number of amides is 1. The molecule has 1 saturated heterocycles. The lowest BCUT2D eigenvalue weighted by Crippen LogP contribution is -2.62. The Morgan fingerprint density at radius 1 is 1.26 bits per heavy atom. The van der Waals surface area contributed by atoms with Crippen molar-refractivity contribution < 1.29 is 4.79 Å². The van der Waals surface area contributed by atoms with E-state index in [4.69, 9.17) is 5.73 Å². The summed E-state index contributed by atoms with van der Waals surface area (Å²) in [7, 11) is 0. The first-order valence-corrected chi connectivity index (χ1v) is 7.67. The SMILES string of the molecule is CC(C)(C)C1CCCCC1N1CCNCC1C(N)=O. The van der Waals surface area contributed by atoms with Crippen molar-refractivity contribution in [1.82, 2.24) is 10.2 Å². The highest BCUT2D eigenvalue weighted by atomic mass is 16.1. The van der Waals surface area contributed by atoms with Gasteiger partial charge in [-0.1, -0.05) is 33.6 Å². The van der Waals surface area contributed by atoms with Crippen molar-refractivity contribution in [2.45, 2.75) is 58.5 Å². The number of nitrogens with zero attached hydrogens (tertiary/aromatic N) is 1. The molecule has 0 spiro atoms. The summed E-state index contributed by atoms with van der Waals surface area (Å²) in [6.45, 7) is 9.62. The second-order valence-electron chi connectivity index (χ2n) is 7.18. The van der Waals surface area contributed by atoms with Gasteiger partial charge in [-0.2, -0.15) is 0 Å². The second kappa shape index (κ2) is 5.80. The first-order valence-electron chi connectivity index (χ1n) is 7.67. The van der Waals surface area contributed by atoms with E-state index in [1.165, 1.54) is 25.7 Å². The van der Waals surface area contributed by atoms with Crippen LogP contribution in [-0.4, -0.2) is 42.5 Å². The Labute approximate surface area is 117 Å². The van der Waals surface area contributed by atoms with Gasteiger partial charge in [0.2, 0.25) is 5.91 Å². The third kappa shape index (κ3) is 3.29. The molecule has 2 rings (SSSR count). The largest absolute Gasteiger partial charge is 0.368 e. The number of rotatable bonds is 2. The van der Waals surface area contributed by atoms with Gasteiger partial charge in [-0.15, -0.1) is 0 Å². The van der Waals surface area contributed by atoms with Crippen molar-refractivity contribution in [2.24, 2.45) is 17.1 Å². The van der Waals surface area contributed by atoms with Crippen LogP contribution in [0.5, 0.6) is 0 Å². The maximum atomic E-state index is 11.7. The zero-order valence-electron chi connectivity index (χ0n) is 12.6. The van der Waals surface area contributed by atoms with Gasteiger partial charge in [0.1, 0.15) is 6.04 Å². The third-order valence-corrected chi connectivity index (χ3v) is 4.88. The lowest BCUT2D eigenvalue weighted by molar-refractivity contribution is -0.126. The van der Waals surface area contributed by atoms with Crippen LogP contribution in [0.1, 0.15) is 46.5 Å². The first kappa shape index (κ1) is 14.8. The van der Waals surface area contributed by atoms with Gasteiger partial charge in [0.05, 0.1) is 0 Å². The van der Waals surface area contributed by atoms with Crippen molar-refractivity contribution in [3.63, 3.8) is 0 Å². The molecule has 2 aliphatic rings. The smallest absolute Gasteiger partial charge is 0.236 e. The van der Waals surface area contributed by atoms with Gasteiger partial charge < -0.3 is 11.1 Å². The fraction of sp³-hybridized carbons (Fsp3) is 0.933. The molecule has 1 saturated carbocycles. The first-order chi connectivity index (χ1) is 8.91. The number of primary amides is 1. The number of carbonyl (C=O) groups is 1. The standard InChI is InChI=1S/C15H29N3O/c1-15(2,3)11-6-4-5-7-12(11)18-9-8-17-10-13(18)14(16)19/h11-13,17H,4-10H2,1-3H3,(H2,16,19). The number of carbonyl (C=O) groups excluding carboxylic acids is 1. The molecule has 4 nitrogen and oxygen atoms in total. The normalized spacial score (nSPS) is 34.2. The van der Waals surface area contributed by atoms with Crippen molar-refractivity contribution in [1.29, 1.82) is 0 Å². The molecular formula is C15H29N3O. The summed E-state index contributed by atoms with van der Waals surface area (Å²) in [6.07, 6.45) is 5.10. The van der Waals surface area contributed by atoms with Crippen molar-refractivity contribution in [3.8, 4) is 0 Å². The predicted octanol–water partition coefficient (Wildman–Crippen LogP) is 1.35. The van der Waals surface area contributed by atoms with E-state index in [0.717, 1.165) is 13.1 Å². The fourth-order valence-corrected chi connectivity index (χ4v) is 3.90. The predicted molar refractivity (Wildman–Crippen MR) is 77.8 cm³/mol. The Morgan fingerprint density at radius 2 is 1.95 bits per heavy atom. The number of hydrogen-bond donors (Lipinski definition) is 2. The molecule has 1 amide bonds. The monoisotopic (exact) mass is 267 g/mol.